The molecule has 6 heteroatoms. The Hall–Kier alpha value is -2.08. The predicted molar refractivity (Wildman–Crippen MR) is 86.1 cm³/mol. The maximum Gasteiger partial charge on any atom is 0.410 e. The number of carboxylic acids is 1. The number of hydrogen-bond donors (Lipinski definition) is 1. The normalized spacial score (nSPS) is 18.4. The van der Waals surface area contributed by atoms with Crippen molar-refractivity contribution >= 4 is 12.1 Å². The van der Waals surface area contributed by atoms with Crippen LogP contribution in [0.4, 0.5) is 4.79 Å². The van der Waals surface area contributed by atoms with Crippen LogP contribution in [0.25, 0.3) is 0 Å². The molecule has 0 bridgehead atoms. The SMILES string of the molecule is CCN(C(=O)OCc1ccccc1)[C@H]1CCCN(CC(=O)O)C1. The highest BCUT2D eigenvalue weighted by molar-refractivity contribution is 5.69. The number of piperidine rings is 1. The molecule has 126 valence electrons. The van der Waals surface area contributed by atoms with Gasteiger partial charge in [0.2, 0.25) is 0 Å². The summed E-state index contributed by atoms with van der Waals surface area (Å²) in [7, 11) is 0. The number of hydrogen-bond acceptors (Lipinski definition) is 4. The second kappa shape index (κ2) is 8.53. The van der Waals surface area contributed by atoms with E-state index >= 15 is 0 Å². The maximum absolute atomic E-state index is 12.3. The first-order valence-corrected chi connectivity index (χ1v) is 8.01. The van der Waals surface area contributed by atoms with Crippen LogP contribution in [0.5, 0.6) is 0 Å². The van der Waals surface area contributed by atoms with Crippen LogP contribution in [0.15, 0.2) is 30.3 Å². The number of carbonyl (C=O) groups excluding carboxylic acids is 1. The molecule has 1 fully saturated rings. The lowest BCUT2D eigenvalue weighted by Gasteiger charge is -2.37. The van der Waals surface area contributed by atoms with Crippen LogP contribution in [-0.2, 0) is 16.1 Å². The highest BCUT2D eigenvalue weighted by Crippen LogP contribution is 2.17. The van der Waals surface area contributed by atoms with Gasteiger partial charge in [-0.3, -0.25) is 9.69 Å². The third-order valence-electron chi connectivity index (χ3n) is 4.06. The predicted octanol–water partition coefficient (Wildman–Crippen LogP) is 2.19. The third-order valence-corrected chi connectivity index (χ3v) is 4.06. The van der Waals surface area contributed by atoms with Crippen molar-refractivity contribution < 1.29 is 19.4 Å². The summed E-state index contributed by atoms with van der Waals surface area (Å²) in [6, 6.07) is 9.58. The topological polar surface area (TPSA) is 70.1 Å². The average molecular weight is 320 g/mol. The number of benzene rings is 1. The molecular weight excluding hydrogens is 296 g/mol. The number of rotatable bonds is 6. The minimum atomic E-state index is -0.833. The van der Waals surface area contributed by atoms with Crippen LogP contribution in [0, 0.1) is 0 Å². The molecule has 0 radical (unpaired) electrons. The first-order chi connectivity index (χ1) is 11.1. The summed E-state index contributed by atoms with van der Waals surface area (Å²) in [6.45, 7) is 4.09. The zero-order chi connectivity index (χ0) is 16.7. The molecule has 2 rings (SSSR count). The van der Waals surface area contributed by atoms with Crippen LogP contribution >= 0.6 is 0 Å². The van der Waals surface area contributed by atoms with E-state index in [0.717, 1.165) is 24.9 Å². The number of likely N-dealkylation sites (tertiary alicyclic amines) is 1. The van der Waals surface area contributed by atoms with E-state index in [-0.39, 0.29) is 25.3 Å². The Labute approximate surface area is 136 Å². The van der Waals surface area contributed by atoms with Gasteiger partial charge in [-0.15, -0.1) is 0 Å². The molecule has 0 aromatic heterocycles. The molecule has 6 nitrogen and oxygen atoms in total. The minimum absolute atomic E-state index is 0.0105. The van der Waals surface area contributed by atoms with E-state index in [2.05, 4.69) is 0 Å². The molecule has 1 amide bonds. The van der Waals surface area contributed by atoms with Gasteiger partial charge in [0.05, 0.1) is 6.54 Å². The van der Waals surface area contributed by atoms with E-state index in [4.69, 9.17) is 9.84 Å². The highest BCUT2D eigenvalue weighted by atomic mass is 16.6. The minimum Gasteiger partial charge on any atom is -0.480 e. The van der Waals surface area contributed by atoms with Crippen molar-refractivity contribution in [2.24, 2.45) is 0 Å². The summed E-state index contributed by atoms with van der Waals surface area (Å²) in [5.41, 5.74) is 0.952. The largest absolute Gasteiger partial charge is 0.480 e. The second-order valence-corrected chi connectivity index (χ2v) is 5.75. The van der Waals surface area contributed by atoms with E-state index in [1.54, 1.807) is 4.90 Å². The summed E-state index contributed by atoms with van der Waals surface area (Å²) in [5, 5.41) is 8.92. The van der Waals surface area contributed by atoms with Gasteiger partial charge in [-0.25, -0.2) is 4.79 Å². The van der Waals surface area contributed by atoms with Gasteiger partial charge in [0.25, 0.3) is 0 Å². The van der Waals surface area contributed by atoms with E-state index in [0.29, 0.717) is 13.1 Å². The summed E-state index contributed by atoms with van der Waals surface area (Å²) in [5.74, 6) is -0.833. The molecule has 0 saturated carbocycles. The quantitative estimate of drug-likeness (QED) is 0.870. The van der Waals surface area contributed by atoms with Gasteiger partial charge < -0.3 is 14.7 Å². The Balaban J connectivity index is 1.89. The van der Waals surface area contributed by atoms with Crippen molar-refractivity contribution in [3.05, 3.63) is 35.9 Å². The molecule has 0 spiro atoms. The van der Waals surface area contributed by atoms with E-state index in [1.807, 2.05) is 42.2 Å². The van der Waals surface area contributed by atoms with Gasteiger partial charge in [-0.1, -0.05) is 30.3 Å². The molecule has 1 heterocycles. The summed E-state index contributed by atoms with van der Waals surface area (Å²) in [6.07, 6.45) is 1.43. The number of carboxylic acid groups (broad SMARTS) is 1. The van der Waals surface area contributed by atoms with Gasteiger partial charge in [-0.05, 0) is 31.9 Å². The van der Waals surface area contributed by atoms with Crippen molar-refractivity contribution in [2.45, 2.75) is 32.4 Å². The molecular formula is C17H24N2O4. The van der Waals surface area contributed by atoms with E-state index in [1.165, 1.54) is 0 Å². The average Bonchev–Trinajstić information content (AvgIpc) is 2.54. The summed E-state index contributed by atoms with van der Waals surface area (Å²) >= 11 is 0. The number of nitrogens with zero attached hydrogens (tertiary/aromatic N) is 2. The van der Waals surface area contributed by atoms with Crippen LogP contribution in [0.2, 0.25) is 0 Å². The lowest BCUT2D eigenvalue weighted by molar-refractivity contribution is -0.138. The molecule has 1 aliphatic rings. The van der Waals surface area contributed by atoms with Crippen molar-refractivity contribution in [1.29, 1.82) is 0 Å². The van der Waals surface area contributed by atoms with Gasteiger partial charge >= 0.3 is 12.1 Å². The van der Waals surface area contributed by atoms with Crippen LogP contribution in [0.3, 0.4) is 0 Å². The molecule has 1 N–H and O–H groups in total. The molecule has 1 aromatic carbocycles. The zero-order valence-electron chi connectivity index (χ0n) is 13.5. The van der Waals surface area contributed by atoms with E-state index in [9.17, 15) is 9.59 Å². The standard InChI is InChI=1S/C17H24N2O4/c1-2-19(15-9-6-10-18(11-15)12-16(20)21)17(22)23-13-14-7-4-3-5-8-14/h3-5,7-8,15H,2,6,9-13H2,1H3,(H,20,21)/t15-/m0/s1. The van der Waals surface area contributed by atoms with Gasteiger partial charge in [0.15, 0.2) is 0 Å². The Bertz CT molecular complexity index is 521. The highest BCUT2D eigenvalue weighted by Gasteiger charge is 2.29. The first kappa shape index (κ1) is 17.3. The Morgan fingerprint density at radius 3 is 2.74 bits per heavy atom. The second-order valence-electron chi connectivity index (χ2n) is 5.75. The molecule has 0 unspecified atom stereocenters. The Kier molecular flexibility index (Phi) is 6.40. The zero-order valence-corrected chi connectivity index (χ0v) is 13.5. The smallest absolute Gasteiger partial charge is 0.410 e. The van der Waals surface area contributed by atoms with Crippen molar-refractivity contribution in [1.82, 2.24) is 9.80 Å². The molecule has 1 saturated heterocycles. The number of amides is 1. The molecule has 1 atom stereocenters. The monoisotopic (exact) mass is 320 g/mol. The molecule has 1 aromatic rings. The van der Waals surface area contributed by atoms with Crippen molar-refractivity contribution in [3.8, 4) is 0 Å². The van der Waals surface area contributed by atoms with Crippen molar-refractivity contribution in [2.75, 3.05) is 26.2 Å². The Morgan fingerprint density at radius 2 is 2.09 bits per heavy atom. The maximum atomic E-state index is 12.3. The van der Waals surface area contributed by atoms with Gasteiger partial charge in [0, 0.05) is 19.1 Å². The van der Waals surface area contributed by atoms with Gasteiger partial charge in [0.1, 0.15) is 6.61 Å². The van der Waals surface area contributed by atoms with Crippen LogP contribution < -0.4 is 0 Å². The van der Waals surface area contributed by atoms with Gasteiger partial charge in [-0.2, -0.15) is 0 Å². The van der Waals surface area contributed by atoms with Crippen LogP contribution in [0.1, 0.15) is 25.3 Å². The molecule has 1 aliphatic heterocycles. The number of likely N-dealkylation sites (N-methyl/N-ethyl adjacent to an activating group) is 1. The van der Waals surface area contributed by atoms with Crippen molar-refractivity contribution in [3.63, 3.8) is 0 Å². The fourth-order valence-electron chi connectivity index (χ4n) is 2.96. The summed E-state index contributed by atoms with van der Waals surface area (Å²) < 4.78 is 5.40. The number of ether oxygens (including phenoxy) is 1. The number of aliphatic carboxylic acids is 1. The Morgan fingerprint density at radius 1 is 1.35 bits per heavy atom. The summed E-state index contributed by atoms with van der Waals surface area (Å²) in [4.78, 5) is 26.8. The van der Waals surface area contributed by atoms with Crippen LogP contribution in [-0.4, -0.2) is 59.2 Å². The molecule has 0 aliphatic carbocycles. The lowest BCUT2D eigenvalue weighted by atomic mass is 10.0. The number of carbonyl (C=O) groups is 2. The van der Waals surface area contributed by atoms with E-state index < -0.39 is 5.97 Å². The lowest BCUT2D eigenvalue weighted by Crippen LogP contribution is -2.51. The fourth-order valence-corrected chi connectivity index (χ4v) is 2.96. The first-order valence-electron chi connectivity index (χ1n) is 8.01. The third kappa shape index (κ3) is 5.25. The fraction of sp³-hybridized carbons (Fsp3) is 0.529. The molecule has 23 heavy (non-hydrogen) atoms.